The summed E-state index contributed by atoms with van der Waals surface area (Å²) in [5, 5.41) is 34.7. The minimum atomic E-state index is -0.509. The number of hydrogen-bond acceptors (Lipinski definition) is 5. The fourth-order valence-electron chi connectivity index (χ4n) is 7.36. The van der Waals surface area contributed by atoms with E-state index in [1.165, 1.54) is 11.6 Å². The van der Waals surface area contributed by atoms with Gasteiger partial charge in [0.05, 0.1) is 11.3 Å². The van der Waals surface area contributed by atoms with Crippen molar-refractivity contribution in [2.24, 2.45) is 5.92 Å². The molecule has 1 aliphatic carbocycles. The molecule has 1 saturated carbocycles. The number of rotatable bonds is 6. The molecule has 266 valence electrons. The van der Waals surface area contributed by atoms with Crippen molar-refractivity contribution in [1.82, 2.24) is 0 Å². The van der Waals surface area contributed by atoms with Crippen molar-refractivity contribution in [2.75, 3.05) is 0 Å². The van der Waals surface area contributed by atoms with E-state index in [2.05, 4.69) is 24.3 Å². The van der Waals surface area contributed by atoms with Crippen molar-refractivity contribution in [3.8, 4) is 39.5 Å². The topological polar surface area (TPSA) is 87.0 Å². The lowest BCUT2D eigenvalue weighted by Gasteiger charge is -2.30. The van der Waals surface area contributed by atoms with Gasteiger partial charge in [-0.15, -0.1) is 0 Å². The molecular weight excluding hydrogens is 639 g/mol. The molecule has 0 aliphatic heterocycles. The van der Waals surface area contributed by atoms with Crippen LogP contribution in [0.2, 0.25) is 0 Å². The van der Waals surface area contributed by atoms with Crippen molar-refractivity contribution in [3.05, 3.63) is 112 Å². The van der Waals surface area contributed by atoms with E-state index < -0.39 is 11.4 Å². The number of benzene rings is 5. The van der Waals surface area contributed by atoms with Crippen molar-refractivity contribution in [2.45, 2.75) is 97.5 Å². The molecule has 0 unspecified atom stereocenters. The Hall–Kier alpha value is -4.84. The molecule has 51 heavy (non-hydrogen) atoms. The molecule has 0 bridgehead atoms. The maximum absolute atomic E-state index is 15.4. The number of phenols is 3. The number of carbonyl (C=O) groups excluding carboxylic acids is 1. The average molecular weight is 689 g/mol. The maximum atomic E-state index is 15.4. The predicted molar refractivity (Wildman–Crippen MR) is 203 cm³/mol. The van der Waals surface area contributed by atoms with Gasteiger partial charge in [-0.05, 0) is 128 Å². The summed E-state index contributed by atoms with van der Waals surface area (Å²) in [4.78, 5) is 12.6. The molecule has 5 aromatic carbocycles. The summed E-state index contributed by atoms with van der Waals surface area (Å²) >= 11 is 0. The number of hydrogen-bond donors (Lipinski definition) is 3. The average Bonchev–Trinajstić information content (AvgIpc) is 3.06. The number of para-hydroxylation sites is 1. The third-order valence-electron chi connectivity index (χ3n) is 10.2. The van der Waals surface area contributed by atoms with Crippen molar-refractivity contribution < 1.29 is 29.2 Å². The zero-order chi connectivity index (χ0) is 36.8. The summed E-state index contributed by atoms with van der Waals surface area (Å²) in [5.41, 5.74) is 5.78. The van der Waals surface area contributed by atoms with Crippen molar-refractivity contribution in [1.29, 1.82) is 0 Å². The first-order chi connectivity index (χ1) is 24.0. The van der Waals surface area contributed by atoms with Crippen LogP contribution in [0.4, 0.5) is 4.39 Å². The van der Waals surface area contributed by atoms with E-state index in [-0.39, 0.29) is 39.9 Å². The second-order valence-electron chi connectivity index (χ2n) is 16.3. The van der Waals surface area contributed by atoms with Gasteiger partial charge >= 0.3 is 5.97 Å². The van der Waals surface area contributed by atoms with Crippen LogP contribution >= 0.6 is 0 Å². The van der Waals surface area contributed by atoms with Gasteiger partial charge in [0.2, 0.25) is 0 Å². The first-order valence-electron chi connectivity index (χ1n) is 17.9. The Morgan fingerprint density at radius 2 is 1.41 bits per heavy atom. The Labute approximate surface area is 300 Å². The molecule has 1 aliphatic rings. The summed E-state index contributed by atoms with van der Waals surface area (Å²) in [5.74, 6) is -0.305. The first kappa shape index (κ1) is 36.0. The Morgan fingerprint density at radius 1 is 0.765 bits per heavy atom. The molecule has 6 heteroatoms. The normalized spacial score (nSPS) is 16.7. The number of esters is 1. The van der Waals surface area contributed by atoms with Gasteiger partial charge < -0.3 is 20.1 Å². The molecule has 1 fully saturated rings. The lowest BCUT2D eigenvalue weighted by Crippen LogP contribution is -2.30. The molecule has 0 heterocycles. The van der Waals surface area contributed by atoms with Crippen molar-refractivity contribution in [3.63, 3.8) is 0 Å². The minimum absolute atomic E-state index is 0.0402. The fraction of sp³-hybridized carbons (Fsp3) is 0.356. The Bertz CT molecular complexity index is 2090. The standard InChI is InChI=1S/C45H49FO5/c1-26-21-32(35-9-8-10-36(41(35)48)37-20-19-31-24-34(44(2,3)4)25-38(46)39(31)42(37)49)23-33(40(26)47)22-27-11-13-28(14-12-27)29-15-17-30(18-16-29)43(50)51-45(5,6)7/h8-14,19-21,23-25,29-30,47-49H,15-18,22H2,1-7H3. The number of aromatic hydroxyl groups is 3. The number of halogens is 1. The number of ether oxygens (including phenoxy) is 1. The monoisotopic (exact) mass is 688 g/mol. The summed E-state index contributed by atoms with van der Waals surface area (Å²) < 4.78 is 21.0. The van der Waals surface area contributed by atoms with Crippen LogP contribution in [-0.2, 0) is 21.4 Å². The molecular formula is C45H49FO5. The first-order valence-corrected chi connectivity index (χ1v) is 17.9. The Kier molecular flexibility index (Phi) is 9.67. The molecule has 0 radical (unpaired) electrons. The molecule has 0 amide bonds. The SMILES string of the molecule is Cc1cc(-c2cccc(-c3ccc4cc(C(C)(C)C)cc(F)c4c3O)c2O)cc(Cc2ccc(C3CCC(C(=O)OC(C)(C)C)CC3)cc2)c1O. The second kappa shape index (κ2) is 13.7. The molecule has 0 aromatic heterocycles. The zero-order valence-corrected chi connectivity index (χ0v) is 30.7. The lowest BCUT2D eigenvalue weighted by molar-refractivity contribution is -0.161. The summed E-state index contributed by atoms with van der Waals surface area (Å²) in [7, 11) is 0. The van der Waals surface area contributed by atoms with Gasteiger partial charge in [0, 0.05) is 23.1 Å². The van der Waals surface area contributed by atoms with Gasteiger partial charge in [0.15, 0.2) is 0 Å². The van der Waals surface area contributed by atoms with Crippen LogP contribution in [-0.4, -0.2) is 26.9 Å². The van der Waals surface area contributed by atoms with Crippen LogP contribution in [0.15, 0.2) is 78.9 Å². The van der Waals surface area contributed by atoms with Gasteiger partial charge in [-0.25, -0.2) is 4.39 Å². The van der Waals surface area contributed by atoms with Crippen LogP contribution in [0.3, 0.4) is 0 Å². The van der Waals surface area contributed by atoms with E-state index in [1.807, 2.05) is 66.7 Å². The Balaban J connectivity index is 1.23. The van der Waals surface area contributed by atoms with Gasteiger partial charge in [-0.1, -0.05) is 75.4 Å². The molecule has 0 spiro atoms. The van der Waals surface area contributed by atoms with Gasteiger partial charge in [-0.3, -0.25) is 4.79 Å². The summed E-state index contributed by atoms with van der Waals surface area (Å²) in [6, 6.07) is 24.4. The minimum Gasteiger partial charge on any atom is -0.507 e. The van der Waals surface area contributed by atoms with Gasteiger partial charge in [-0.2, -0.15) is 0 Å². The summed E-state index contributed by atoms with van der Waals surface area (Å²) in [6.07, 6.45) is 4.03. The number of carbonyl (C=O) groups is 1. The fourth-order valence-corrected chi connectivity index (χ4v) is 7.36. The molecule has 3 N–H and O–H groups in total. The van der Waals surface area contributed by atoms with E-state index in [4.69, 9.17) is 4.74 Å². The molecule has 0 atom stereocenters. The smallest absolute Gasteiger partial charge is 0.309 e. The third-order valence-corrected chi connectivity index (χ3v) is 10.2. The predicted octanol–water partition coefficient (Wildman–Crippen LogP) is 11.2. The largest absolute Gasteiger partial charge is 0.507 e. The summed E-state index contributed by atoms with van der Waals surface area (Å²) in [6.45, 7) is 13.6. The zero-order valence-electron chi connectivity index (χ0n) is 30.7. The van der Waals surface area contributed by atoms with E-state index >= 15 is 4.39 Å². The van der Waals surface area contributed by atoms with Crippen LogP contribution in [0, 0.1) is 18.7 Å². The number of phenolic OH excluding ortho intramolecular Hbond substituents is 3. The molecule has 0 saturated heterocycles. The van der Waals surface area contributed by atoms with Gasteiger partial charge in [0.1, 0.15) is 28.7 Å². The highest BCUT2D eigenvalue weighted by molar-refractivity contribution is 5.97. The third kappa shape index (κ3) is 7.61. The van der Waals surface area contributed by atoms with E-state index in [0.29, 0.717) is 40.0 Å². The van der Waals surface area contributed by atoms with E-state index in [1.54, 1.807) is 30.3 Å². The highest BCUT2D eigenvalue weighted by Gasteiger charge is 2.30. The second-order valence-corrected chi connectivity index (χ2v) is 16.3. The van der Waals surface area contributed by atoms with Crippen LogP contribution in [0.1, 0.15) is 101 Å². The highest BCUT2D eigenvalue weighted by Crippen LogP contribution is 2.46. The van der Waals surface area contributed by atoms with Crippen LogP contribution < -0.4 is 0 Å². The van der Waals surface area contributed by atoms with E-state index in [9.17, 15) is 20.1 Å². The molecule has 6 rings (SSSR count). The number of fused-ring (bicyclic) bond motifs is 1. The van der Waals surface area contributed by atoms with E-state index in [0.717, 1.165) is 47.9 Å². The van der Waals surface area contributed by atoms with Crippen LogP contribution in [0.5, 0.6) is 17.2 Å². The Morgan fingerprint density at radius 3 is 2.06 bits per heavy atom. The molecule has 5 aromatic rings. The highest BCUT2D eigenvalue weighted by atomic mass is 19.1. The maximum Gasteiger partial charge on any atom is 0.309 e. The quantitative estimate of drug-likeness (QED) is 0.155. The molecule has 5 nitrogen and oxygen atoms in total. The van der Waals surface area contributed by atoms with Crippen LogP contribution in [0.25, 0.3) is 33.0 Å². The van der Waals surface area contributed by atoms with Gasteiger partial charge in [0.25, 0.3) is 0 Å². The lowest BCUT2D eigenvalue weighted by atomic mass is 9.78. The van der Waals surface area contributed by atoms with Crippen molar-refractivity contribution >= 4 is 16.7 Å². The number of aryl methyl sites for hydroxylation is 1.